The van der Waals surface area contributed by atoms with Crippen molar-refractivity contribution in [3.63, 3.8) is 0 Å². The normalized spacial score (nSPS) is 12.9. The lowest BCUT2D eigenvalue weighted by molar-refractivity contribution is 0.460. The van der Waals surface area contributed by atoms with E-state index in [9.17, 15) is 10.2 Å². The summed E-state index contributed by atoms with van der Waals surface area (Å²) in [5, 5.41) is 21.4. The summed E-state index contributed by atoms with van der Waals surface area (Å²) >= 11 is 0. The Morgan fingerprint density at radius 3 is 1.18 bits per heavy atom. The zero-order chi connectivity index (χ0) is 25.2. The zero-order valence-corrected chi connectivity index (χ0v) is 22.9. The Balaban J connectivity index is 2.99. The van der Waals surface area contributed by atoms with Crippen molar-refractivity contribution < 1.29 is 10.2 Å². The maximum Gasteiger partial charge on any atom is 0.116 e. The van der Waals surface area contributed by atoms with E-state index < -0.39 is 0 Å². The Morgan fingerprint density at radius 2 is 0.909 bits per heavy atom. The minimum absolute atomic E-state index is 0.102. The van der Waals surface area contributed by atoms with Crippen LogP contribution in [0, 0.1) is 0 Å². The molecule has 184 valence electrons. The minimum atomic E-state index is -0.279. The molecule has 0 bridgehead atoms. The summed E-state index contributed by atoms with van der Waals surface area (Å²) in [4.78, 5) is 0. The molecule has 0 heterocycles. The van der Waals surface area contributed by atoms with Crippen LogP contribution in [0.1, 0.15) is 128 Å². The summed E-state index contributed by atoms with van der Waals surface area (Å²) in [6.07, 6.45) is 6.35. The maximum atomic E-state index is 10.7. The molecule has 2 heteroatoms. The lowest BCUT2D eigenvalue weighted by atomic mass is 9.64. The van der Waals surface area contributed by atoms with Gasteiger partial charge in [-0.05, 0) is 94.2 Å². The maximum absolute atomic E-state index is 10.7. The standard InChI is InChI=1S/C31H48O2/c1-11-13-15-21-17-23(32)19-25(29(3,4)5)27(21)31(9,10)28-22(16-14-12-2)18-24(33)20-26(28)30(6,7)8/h17-20,32-33H,11-16H2,1-10H3. The molecule has 0 spiro atoms. The van der Waals surface area contributed by atoms with Gasteiger partial charge >= 0.3 is 0 Å². The Bertz CT molecular complexity index is 875. The largest absolute Gasteiger partial charge is 0.508 e. The van der Waals surface area contributed by atoms with Crippen molar-refractivity contribution >= 4 is 0 Å². The Hall–Kier alpha value is -1.96. The molecule has 0 radical (unpaired) electrons. The molecule has 0 aliphatic heterocycles. The van der Waals surface area contributed by atoms with Crippen LogP contribution in [0.3, 0.4) is 0 Å². The zero-order valence-electron chi connectivity index (χ0n) is 22.9. The number of aryl methyl sites for hydroxylation is 2. The van der Waals surface area contributed by atoms with Crippen molar-refractivity contribution in [2.45, 2.75) is 124 Å². The number of aromatic hydroxyl groups is 2. The van der Waals surface area contributed by atoms with Gasteiger partial charge in [0.25, 0.3) is 0 Å². The van der Waals surface area contributed by atoms with Gasteiger partial charge in [-0.2, -0.15) is 0 Å². The van der Waals surface area contributed by atoms with E-state index in [1.807, 2.05) is 24.3 Å². The Morgan fingerprint density at radius 1 is 0.576 bits per heavy atom. The second kappa shape index (κ2) is 10.1. The third-order valence-electron chi connectivity index (χ3n) is 6.87. The van der Waals surface area contributed by atoms with Gasteiger partial charge in [-0.25, -0.2) is 0 Å². The van der Waals surface area contributed by atoms with Crippen LogP contribution < -0.4 is 0 Å². The van der Waals surface area contributed by atoms with E-state index in [1.54, 1.807) is 0 Å². The predicted octanol–water partition coefficient (Wildman–Crippen LogP) is 8.70. The molecule has 0 aromatic heterocycles. The number of hydrogen-bond donors (Lipinski definition) is 2. The fraction of sp³-hybridized carbons (Fsp3) is 0.613. The predicted molar refractivity (Wildman–Crippen MR) is 143 cm³/mol. The third kappa shape index (κ3) is 6.14. The summed E-state index contributed by atoms with van der Waals surface area (Å²) in [5.41, 5.74) is 7.14. The van der Waals surface area contributed by atoms with E-state index in [4.69, 9.17) is 0 Å². The molecule has 2 aromatic carbocycles. The number of phenols is 2. The van der Waals surface area contributed by atoms with E-state index in [0.29, 0.717) is 11.5 Å². The summed E-state index contributed by atoms with van der Waals surface area (Å²) in [7, 11) is 0. The first-order valence-corrected chi connectivity index (χ1v) is 12.9. The van der Waals surface area contributed by atoms with Crippen LogP contribution in [0.5, 0.6) is 11.5 Å². The van der Waals surface area contributed by atoms with Gasteiger partial charge in [0.05, 0.1) is 0 Å². The molecule has 0 aliphatic rings. The first-order chi connectivity index (χ1) is 15.1. The molecule has 0 amide bonds. The quantitative estimate of drug-likeness (QED) is 0.420. The average Bonchev–Trinajstić information content (AvgIpc) is 2.67. The number of hydrogen-bond acceptors (Lipinski definition) is 2. The van der Waals surface area contributed by atoms with Crippen molar-refractivity contribution in [2.24, 2.45) is 0 Å². The van der Waals surface area contributed by atoms with E-state index >= 15 is 0 Å². The van der Waals surface area contributed by atoms with E-state index in [-0.39, 0.29) is 16.2 Å². The summed E-state index contributed by atoms with van der Waals surface area (Å²) in [6.45, 7) is 22.6. The Labute approximate surface area is 203 Å². The topological polar surface area (TPSA) is 40.5 Å². The lowest BCUT2D eigenvalue weighted by Gasteiger charge is -2.40. The number of benzene rings is 2. The van der Waals surface area contributed by atoms with Gasteiger partial charge < -0.3 is 10.2 Å². The highest BCUT2D eigenvalue weighted by Gasteiger charge is 2.37. The number of rotatable bonds is 8. The summed E-state index contributed by atoms with van der Waals surface area (Å²) in [6, 6.07) is 7.95. The highest BCUT2D eigenvalue weighted by Crippen LogP contribution is 2.47. The molecule has 0 aliphatic carbocycles. The van der Waals surface area contributed by atoms with Crippen molar-refractivity contribution in [1.82, 2.24) is 0 Å². The van der Waals surface area contributed by atoms with Gasteiger partial charge in [-0.15, -0.1) is 0 Å². The van der Waals surface area contributed by atoms with Crippen molar-refractivity contribution in [1.29, 1.82) is 0 Å². The van der Waals surface area contributed by atoms with Crippen LogP contribution in [0.4, 0.5) is 0 Å². The molecule has 0 saturated carbocycles. The smallest absolute Gasteiger partial charge is 0.116 e. The fourth-order valence-corrected chi connectivity index (χ4v) is 5.28. The molecule has 2 N–H and O–H groups in total. The van der Waals surface area contributed by atoms with E-state index in [0.717, 1.165) is 38.5 Å². The molecule has 2 rings (SSSR count). The average molecular weight is 453 g/mol. The SMILES string of the molecule is CCCCc1cc(O)cc(C(C)(C)C)c1C(C)(C)c1c(CCCC)cc(O)cc1C(C)(C)C. The van der Waals surface area contributed by atoms with Gasteiger partial charge in [-0.3, -0.25) is 0 Å². The van der Waals surface area contributed by atoms with Crippen LogP contribution in [0.15, 0.2) is 24.3 Å². The fourth-order valence-electron chi connectivity index (χ4n) is 5.28. The van der Waals surface area contributed by atoms with Crippen LogP contribution >= 0.6 is 0 Å². The number of unbranched alkanes of at least 4 members (excludes halogenated alkanes) is 2. The lowest BCUT2D eigenvalue weighted by Crippen LogP contribution is -2.32. The molecule has 0 unspecified atom stereocenters. The second-order valence-electron chi connectivity index (χ2n) is 12.4. The first kappa shape index (κ1) is 27.3. The molecule has 0 fully saturated rings. The van der Waals surface area contributed by atoms with Crippen LogP contribution in [0.25, 0.3) is 0 Å². The molecule has 2 aromatic rings. The molecule has 0 saturated heterocycles. The minimum Gasteiger partial charge on any atom is -0.508 e. The second-order valence-corrected chi connectivity index (χ2v) is 12.4. The highest BCUT2D eigenvalue weighted by molar-refractivity contribution is 5.58. The highest BCUT2D eigenvalue weighted by atomic mass is 16.3. The van der Waals surface area contributed by atoms with Crippen LogP contribution in [-0.4, -0.2) is 10.2 Å². The molecule has 0 atom stereocenters. The molecule has 2 nitrogen and oxygen atoms in total. The summed E-state index contributed by atoms with van der Waals surface area (Å²) < 4.78 is 0. The van der Waals surface area contributed by atoms with Gasteiger partial charge in [0, 0.05) is 5.41 Å². The van der Waals surface area contributed by atoms with Crippen LogP contribution in [-0.2, 0) is 29.1 Å². The monoisotopic (exact) mass is 452 g/mol. The van der Waals surface area contributed by atoms with E-state index in [2.05, 4.69) is 69.2 Å². The third-order valence-corrected chi connectivity index (χ3v) is 6.87. The van der Waals surface area contributed by atoms with Crippen molar-refractivity contribution in [3.8, 4) is 11.5 Å². The molecular formula is C31H48O2. The van der Waals surface area contributed by atoms with Crippen molar-refractivity contribution in [2.75, 3.05) is 0 Å². The van der Waals surface area contributed by atoms with Gasteiger partial charge in [0.15, 0.2) is 0 Å². The van der Waals surface area contributed by atoms with Crippen molar-refractivity contribution in [3.05, 3.63) is 57.6 Å². The molecule has 33 heavy (non-hydrogen) atoms. The van der Waals surface area contributed by atoms with Gasteiger partial charge in [-0.1, -0.05) is 82.1 Å². The number of phenolic OH excluding ortho intramolecular Hbond substituents is 2. The summed E-state index contributed by atoms with van der Waals surface area (Å²) in [5.74, 6) is 0.720. The van der Waals surface area contributed by atoms with Gasteiger partial charge in [0.1, 0.15) is 11.5 Å². The Kier molecular flexibility index (Phi) is 8.37. The van der Waals surface area contributed by atoms with Gasteiger partial charge in [0.2, 0.25) is 0 Å². The van der Waals surface area contributed by atoms with Crippen LogP contribution in [0.2, 0.25) is 0 Å². The molecular weight excluding hydrogens is 404 g/mol. The first-order valence-electron chi connectivity index (χ1n) is 12.9. The van der Waals surface area contributed by atoms with E-state index in [1.165, 1.54) is 33.4 Å².